The van der Waals surface area contributed by atoms with E-state index in [1.807, 2.05) is 32.4 Å². The van der Waals surface area contributed by atoms with Gasteiger partial charge in [0.1, 0.15) is 5.69 Å². The molecule has 2 amide bonds. The summed E-state index contributed by atoms with van der Waals surface area (Å²) in [4.78, 5) is 27.8. The quantitative estimate of drug-likeness (QED) is 0.879. The van der Waals surface area contributed by atoms with Gasteiger partial charge in [-0.15, -0.1) is 0 Å². The van der Waals surface area contributed by atoms with Crippen LogP contribution in [0.1, 0.15) is 43.4 Å². The van der Waals surface area contributed by atoms with Gasteiger partial charge < -0.3 is 10.6 Å². The number of aryl methyl sites for hydroxylation is 1. The van der Waals surface area contributed by atoms with Crippen molar-refractivity contribution in [3.63, 3.8) is 0 Å². The molecule has 0 aromatic carbocycles. The third-order valence-corrected chi connectivity index (χ3v) is 3.36. The molecule has 0 unspecified atom stereocenters. The number of carbonyl (C=O) groups excluding carboxylic acids is 2. The number of amides is 2. The van der Waals surface area contributed by atoms with Gasteiger partial charge in [0.15, 0.2) is 0 Å². The van der Waals surface area contributed by atoms with Gasteiger partial charge in [0, 0.05) is 36.7 Å². The highest BCUT2D eigenvalue weighted by molar-refractivity contribution is 5.94. The molecule has 0 atom stereocenters. The third-order valence-electron chi connectivity index (χ3n) is 3.36. The van der Waals surface area contributed by atoms with Crippen molar-refractivity contribution >= 4 is 17.5 Å². The first kappa shape index (κ1) is 17.7. The van der Waals surface area contributed by atoms with E-state index in [0.29, 0.717) is 11.4 Å². The van der Waals surface area contributed by atoms with E-state index in [0.717, 1.165) is 5.69 Å². The Bertz CT molecular complexity index is 716. The molecule has 24 heavy (non-hydrogen) atoms. The van der Waals surface area contributed by atoms with E-state index in [1.54, 1.807) is 30.6 Å². The van der Waals surface area contributed by atoms with E-state index >= 15 is 0 Å². The lowest BCUT2D eigenvalue weighted by atomic mass is 10.1. The molecule has 2 N–H and O–H groups in total. The van der Waals surface area contributed by atoms with Gasteiger partial charge in [-0.05, 0) is 45.9 Å². The van der Waals surface area contributed by atoms with Crippen LogP contribution in [0.15, 0.2) is 30.6 Å². The maximum atomic E-state index is 12.2. The van der Waals surface area contributed by atoms with Crippen molar-refractivity contribution in [3.05, 3.63) is 42.0 Å². The van der Waals surface area contributed by atoms with Gasteiger partial charge in [-0.2, -0.15) is 5.10 Å². The number of hydrogen-bond acceptors (Lipinski definition) is 4. The summed E-state index contributed by atoms with van der Waals surface area (Å²) in [5.41, 5.74) is 1.77. The first-order chi connectivity index (χ1) is 11.3. The van der Waals surface area contributed by atoms with Crippen LogP contribution in [0.2, 0.25) is 0 Å². The molecule has 128 valence electrons. The Morgan fingerprint density at radius 3 is 2.46 bits per heavy atom. The topological polar surface area (TPSA) is 88.9 Å². The van der Waals surface area contributed by atoms with Crippen molar-refractivity contribution < 1.29 is 9.59 Å². The molecule has 2 aromatic heterocycles. The number of nitrogens with zero attached hydrogens (tertiary/aromatic N) is 3. The van der Waals surface area contributed by atoms with Crippen molar-refractivity contribution in [1.29, 1.82) is 0 Å². The van der Waals surface area contributed by atoms with Crippen LogP contribution in [-0.2, 0) is 10.3 Å². The lowest BCUT2D eigenvalue weighted by molar-refractivity contribution is -0.116. The number of aromatic nitrogens is 3. The van der Waals surface area contributed by atoms with E-state index in [4.69, 9.17) is 0 Å². The Morgan fingerprint density at radius 2 is 1.88 bits per heavy atom. The van der Waals surface area contributed by atoms with Crippen LogP contribution in [0.5, 0.6) is 0 Å². The van der Waals surface area contributed by atoms with Crippen molar-refractivity contribution in [3.8, 4) is 0 Å². The summed E-state index contributed by atoms with van der Waals surface area (Å²) in [7, 11) is 0. The summed E-state index contributed by atoms with van der Waals surface area (Å²) < 4.78 is 1.82. The van der Waals surface area contributed by atoms with Crippen molar-refractivity contribution in [2.24, 2.45) is 0 Å². The predicted octanol–water partition coefficient (Wildman–Crippen LogP) is 2.10. The summed E-state index contributed by atoms with van der Waals surface area (Å²) in [6.07, 6.45) is 3.39. The highest BCUT2D eigenvalue weighted by Gasteiger charge is 2.20. The van der Waals surface area contributed by atoms with Crippen LogP contribution in [0.4, 0.5) is 5.69 Å². The summed E-state index contributed by atoms with van der Waals surface area (Å²) in [6, 6.07) is 5.16. The van der Waals surface area contributed by atoms with E-state index in [-0.39, 0.29) is 30.3 Å². The van der Waals surface area contributed by atoms with Gasteiger partial charge >= 0.3 is 0 Å². The van der Waals surface area contributed by atoms with E-state index in [9.17, 15) is 9.59 Å². The maximum absolute atomic E-state index is 12.2. The van der Waals surface area contributed by atoms with E-state index in [2.05, 4.69) is 20.7 Å². The number of carbonyl (C=O) groups is 2. The summed E-state index contributed by atoms with van der Waals surface area (Å²) in [5.74, 6) is -0.448. The molecular weight excluding hydrogens is 306 g/mol. The molecule has 0 fully saturated rings. The Balaban J connectivity index is 1.84. The largest absolute Gasteiger partial charge is 0.350 e. The zero-order valence-electron chi connectivity index (χ0n) is 14.5. The minimum Gasteiger partial charge on any atom is -0.350 e. The molecular formula is C17H23N5O2. The van der Waals surface area contributed by atoms with E-state index in [1.165, 1.54) is 0 Å². The fourth-order valence-electron chi connectivity index (χ4n) is 2.30. The first-order valence-electron chi connectivity index (χ1n) is 7.82. The number of anilines is 1. The second kappa shape index (κ2) is 7.25. The number of nitrogens with one attached hydrogen (secondary N) is 2. The SMILES string of the molecule is Cc1cc(C(=O)NCCC(=O)Nc2ccncc2)nn1C(C)(C)C. The summed E-state index contributed by atoms with van der Waals surface area (Å²) in [6.45, 7) is 8.24. The average molecular weight is 329 g/mol. The first-order valence-corrected chi connectivity index (χ1v) is 7.82. The van der Waals surface area contributed by atoms with Gasteiger partial charge in [-0.25, -0.2) is 0 Å². The van der Waals surface area contributed by atoms with Crippen LogP contribution >= 0.6 is 0 Å². The van der Waals surface area contributed by atoms with Gasteiger partial charge in [-0.3, -0.25) is 19.3 Å². The third kappa shape index (κ3) is 4.65. The fraction of sp³-hybridized carbons (Fsp3) is 0.412. The van der Waals surface area contributed by atoms with Crippen LogP contribution in [0.3, 0.4) is 0 Å². The molecule has 0 aliphatic heterocycles. The zero-order valence-corrected chi connectivity index (χ0v) is 14.5. The average Bonchev–Trinajstić information content (AvgIpc) is 2.90. The Morgan fingerprint density at radius 1 is 1.21 bits per heavy atom. The molecule has 0 radical (unpaired) electrons. The molecule has 0 aliphatic rings. The Hall–Kier alpha value is -2.70. The maximum Gasteiger partial charge on any atom is 0.271 e. The molecule has 0 spiro atoms. The minimum absolute atomic E-state index is 0.169. The van der Waals surface area contributed by atoms with Crippen LogP contribution in [0, 0.1) is 6.92 Å². The normalized spacial score (nSPS) is 11.2. The number of rotatable bonds is 5. The molecule has 2 rings (SSSR count). The molecule has 2 aromatic rings. The Kier molecular flexibility index (Phi) is 5.33. The standard InChI is InChI=1S/C17H23N5O2/c1-12-11-14(21-22(12)17(2,3)4)16(24)19-10-7-15(23)20-13-5-8-18-9-6-13/h5-6,8-9,11H,7,10H2,1-4H3,(H,19,24)(H,18,20,23). The monoisotopic (exact) mass is 329 g/mol. The van der Waals surface area contributed by atoms with Crippen LogP contribution in [0.25, 0.3) is 0 Å². The predicted molar refractivity (Wildman–Crippen MR) is 91.8 cm³/mol. The number of pyridine rings is 1. The zero-order chi connectivity index (χ0) is 17.7. The second-order valence-electron chi connectivity index (χ2n) is 6.54. The summed E-state index contributed by atoms with van der Waals surface area (Å²) in [5, 5.41) is 9.80. The van der Waals surface area contributed by atoms with Crippen molar-refractivity contribution in [1.82, 2.24) is 20.1 Å². The van der Waals surface area contributed by atoms with Gasteiger partial charge in [0.05, 0.1) is 5.54 Å². The second-order valence-corrected chi connectivity index (χ2v) is 6.54. The smallest absolute Gasteiger partial charge is 0.271 e. The fourth-order valence-corrected chi connectivity index (χ4v) is 2.30. The molecule has 7 heteroatoms. The molecule has 0 bridgehead atoms. The van der Waals surface area contributed by atoms with Gasteiger partial charge in [0.2, 0.25) is 5.91 Å². The minimum atomic E-state index is -0.280. The Labute approximate surface area is 141 Å². The van der Waals surface area contributed by atoms with Crippen LogP contribution < -0.4 is 10.6 Å². The summed E-state index contributed by atoms with van der Waals surface area (Å²) >= 11 is 0. The van der Waals surface area contributed by atoms with E-state index < -0.39 is 0 Å². The molecule has 0 aliphatic carbocycles. The molecule has 2 heterocycles. The van der Waals surface area contributed by atoms with Crippen LogP contribution in [-0.4, -0.2) is 33.1 Å². The molecule has 0 saturated carbocycles. The lowest BCUT2D eigenvalue weighted by Gasteiger charge is -2.21. The highest BCUT2D eigenvalue weighted by Crippen LogP contribution is 2.16. The highest BCUT2D eigenvalue weighted by atomic mass is 16.2. The molecule has 0 saturated heterocycles. The van der Waals surface area contributed by atoms with Crippen molar-refractivity contribution in [2.75, 3.05) is 11.9 Å². The number of hydrogen-bond donors (Lipinski definition) is 2. The lowest BCUT2D eigenvalue weighted by Crippen LogP contribution is -2.29. The van der Waals surface area contributed by atoms with Gasteiger partial charge in [-0.1, -0.05) is 0 Å². The van der Waals surface area contributed by atoms with Crippen molar-refractivity contribution in [2.45, 2.75) is 39.7 Å². The molecule has 7 nitrogen and oxygen atoms in total. The van der Waals surface area contributed by atoms with Gasteiger partial charge in [0.25, 0.3) is 5.91 Å².